The van der Waals surface area contributed by atoms with E-state index in [2.05, 4.69) is 11.4 Å². The van der Waals surface area contributed by atoms with E-state index in [9.17, 15) is 9.59 Å². The molecule has 1 aromatic rings. The van der Waals surface area contributed by atoms with E-state index in [0.29, 0.717) is 44.3 Å². The fraction of sp³-hybridized carbons (Fsp3) is 0.524. The Morgan fingerprint density at radius 3 is 2.79 bits per heavy atom. The lowest BCUT2D eigenvalue weighted by Gasteiger charge is -2.22. The fourth-order valence-electron chi connectivity index (χ4n) is 3.89. The normalized spacial score (nSPS) is 18.9. The van der Waals surface area contributed by atoms with E-state index in [1.54, 1.807) is 9.80 Å². The van der Waals surface area contributed by atoms with E-state index < -0.39 is 0 Å². The molecule has 1 aromatic carbocycles. The Labute approximate surface area is 165 Å². The summed E-state index contributed by atoms with van der Waals surface area (Å²) in [5, 5.41) is 2.94. The number of ether oxygens (including phenoxy) is 2. The first-order valence-electron chi connectivity index (χ1n) is 10.1. The maximum Gasteiger partial charge on any atom is 0.325 e. The number of carbonyl (C=O) groups excluding carboxylic acids is 2. The van der Waals surface area contributed by atoms with Crippen LogP contribution in [0.15, 0.2) is 29.8 Å². The summed E-state index contributed by atoms with van der Waals surface area (Å²) >= 11 is 0. The van der Waals surface area contributed by atoms with E-state index in [0.717, 1.165) is 24.9 Å². The Balaban J connectivity index is 1.28. The molecule has 2 aliphatic heterocycles. The Morgan fingerprint density at radius 2 is 1.96 bits per heavy atom. The predicted molar refractivity (Wildman–Crippen MR) is 106 cm³/mol. The zero-order valence-corrected chi connectivity index (χ0v) is 16.1. The van der Waals surface area contributed by atoms with E-state index in [-0.39, 0.29) is 18.5 Å². The molecule has 1 aliphatic carbocycles. The maximum atomic E-state index is 12.7. The smallest absolute Gasteiger partial charge is 0.325 e. The van der Waals surface area contributed by atoms with Crippen LogP contribution >= 0.6 is 0 Å². The number of fused-ring (bicyclic) bond motifs is 1. The van der Waals surface area contributed by atoms with Gasteiger partial charge < -0.3 is 19.7 Å². The second-order valence-corrected chi connectivity index (χ2v) is 7.39. The molecule has 1 fully saturated rings. The van der Waals surface area contributed by atoms with Gasteiger partial charge in [0.25, 0.3) is 0 Å². The monoisotopic (exact) mass is 385 g/mol. The minimum Gasteiger partial charge on any atom is -0.486 e. The van der Waals surface area contributed by atoms with Crippen LogP contribution in [0, 0.1) is 0 Å². The second kappa shape index (κ2) is 8.54. The topological polar surface area (TPSA) is 71.1 Å². The summed E-state index contributed by atoms with van der Waals surface area (Å²) in [6.07, 6.45) is 8.02. The van der Waals surface area contributed by atoms with Crippen molar-refractivity contribution in [1.82, 2.24) is 10.2 Å². The highest BCUT2D eigenvalue weighted by molar-refractivity contribution is 5.96. The molecule has 3 aliphatic rings. The second-order valence-electron chi connectivity index (χ2n) is 7.39. The number of amides is 3. The maximum absolute atomic E-state index is 12.7. The highest BCUT2D eigenvalue weighted by atomic mass is 16.6. The summed E-state index contributed by atoms with van der Waals surface area (Å²) in [5.41, 5.74) is 2.20. The molecule has 4 rings (SSSR count). The quantitative estimate of drug-likeness (QED) is 0.765. The zero-order valence-electron chi connectivity index (χ0n) is 16.1. The van der Waals surface area contributed by atoms with Crippen molar-refractivity contribution in [2.45, 2.75) is 32.1 Å². The van der Waals surface area contributed by atoms with Crippen LogP contribution in [0.1, 0.15) is 32.1 Å². The van der Waals surface area contributed by atoms with Crippen LogP contribution in [-0.2, 0) is 4.79 Å². The molecule has 1 saturated heterocycles. The first-order chi connectivity index (χ1) is 13.7. The fourth-order valence-corrected chi connectivity index (χ4v) is 3.89. The molecule has 3 amide bonds. The van der Waals surface area contributed by atoms with Crippen molar-refractivity contribution in [3.05, 3.63) is 29.8 Å². The van der Waals surface area contributed by atoms with Gasteiger partial charge in [-0.25, -0.2) is 4.79 Å². The first-order valence-corrected chi connectivity index (χ1v) is 10.1. The third-order valence-electron chi connectivity index (χ3n) is 5.42. The molecular weight excluding hydrogens is 358 g/mol. The Bertz CT molecular complexity index is 777. The lowest BCUT2D eigenvalue weighted by atomic mass is 9.97. The molecule has 1 N–H and O–H groups in total. The van der Waals surface area contributed by atoms with Crippen molar-refractivity contribution >= 4 is 17.6 Å². The van der Waals surface area contributed by atoms with Gasteiger partial charge in [0, 0.05) is 31.4 Å². The number of hydrogen-bond donors (Lipinski definition) is 1. The third-order valence-corrected chi connectivity index (χ3v) is 5.42. The molecule has 0 aromatic heterocycles. The van der Waals surface area contributed by atoms with Gasteiger partial charge >= 0.3 is 6.03 Å². The van der Waals surface area contributed by atoms with E-state index in [4.69, 9.17) is 9.47 Å². The Kier molecular flexibility index (Phi) is 5.69. The number of carbonyl (C=O) groups is 2. The van der Waals surface area contributed by atoms with Gasteiger partial charge in [0.1, 0.15) is 19.8 Å². The van der Waals surface area contributed by atoms with Crippen molar-refractivity contribution in [1.29, 1.82) is 0 Å². The lowest BCUT2D eigenvalue weighted by molar-refractivity contribution is -0.121. The summed E-state index contributed by atoms with van der Waals surface area (Å²) in [6, 6.07) is 5.36. The molecule has 7 heteroatoms. The minimum absolute atomic E-state index is 0.0962. The van der Waals surface area contributed by atoms with Gasteiger partial charge in [0.15, 0.2) is 11.5 Å². The SMILES string of the molecule is O=C(CN1CCN(c2ccc3c(c2)OCCO3)C1=O)NCCC1=CCCCC1. The van der Waals surface area contributed by atoms with Gasteiger partial charge in [-0.1, -0.05) is 11.6 Å². The minimum atomic E-state index is -0.151. The average molecular weight is 385 g/mol. The van der Waals surface area contributed by atoms with E-state index >= 15 is 0 Å². The molecule has 0 bridgehead atoms. The predicted octanol–water partition coefficient (Wildman–Crippen LogP) is 2.71. The number of anilines is 1. The van der Waals surface area contributed by atoms with Crippen molar-refractivity contribution in [2.24, 2.45) is 0 Å². The Morgan fingerprint density at radius 1 is 1.11 bits per heavy atom. The van der Waals surface area contributed by atoms with Gasteiger partial charge in [0.2, 0.25) is 5.91 Å². The standard InChI is InChI=1S/C21H27N3O4/c25-20(22-9-8-16-4-2-1-3-5-16)15-23-10-11-24(21(23)26)17-6-7-18-19(14-17)28-13-12-27-18/h4,6-7,14H,1-3,5,8-13,15H2,(H,22,25). The molecule has 0 radical (unpaired) electrons. The van der Waals surface area contributed by atoms with Crippen LogP contribution in [0.3, 0.4) is 0 Å². The number of hydrogen-bond acceptors (Lipinski definition) is 4. The van der Waals surface area contributed by atoms with Gasteiger partial charge in [-0.15, -0.1) is 0 Å². The molecule has 150 valence electrons. The molecule has 7 nitrogen and oxygen atoms in total. The van der Waals surface area contributed by atoms with Crippen molar-refractivity contribution < 1.29 is 19.1 Å². The number of nitrogens with one attached hydrogen (secondary N) is 1. The van der Waals surface area contributed by atoms with Crippen LogP contribution in [0.4, 0.5) is 10.5 Å². The highest BCUT2D eigenvalue weighted by Crippen LogP contribution is 2.35. The number of urea groups is 1. The average Bonchev–Trinajstić information content (AvgIpc) is 3.08. The van der Waals surface area contributed by atoms with Crippen LogP contribution in [0.5, 0.6) is 11.5 Å². The van der Waals surface area contributed by atoms with Gasteiger partial charge in [0.05, 0.1) is 0 Å². The summed E-state index contributed by atoms with van der Waals surface area (Å²) in [5.74, 6) is 1.25. The van der Waals surface area contributed by atoms with Gasteiger partial charge in [-0.3, -0.25) is 9.69 Å². The molecule has 0 spiro atoms. The zero-order chi connectivity index (χ0) is 19.3. The molecule has 28 heavy (non-hydrogen) atoms. The number of nitrogens with zero attached hydrogens (tertiary/aromatic N) is 2. The van der Waals surface area contributed by atoms with Crippen molar-refractivity contribution in [3.8, 4) is 11.5 Å². The van der Waals surface area contributed by atoms with Gasteiger partial charge in [-0.2, -0.15) is 0 Å². The summed E-state index contributed by atoms with van der Waals surface area (Å²) in [6.45, 7) is 2.87. The van der Waals surface area contributed by atoms with E-state index in [1.807, 2.05) is 18.2 Å². The molecule has 2 heterocycles. The molecule has 0 unspecified atom stereocenters. The molecule has 0 saturated carbocycles. The van der Waals surface area contributed by atoms with Crippen LogP contribution in [0.25, 0.3) is 0 Å². The first kappa shape index (κ1) is 18.7. The largest absolute Gasteiger partial charge is 0.486 e. The van der Waals surface area contributed by atoms with Gasteiger partial charge in [-0.05, 0) is 44.2 Å². The lowest BCUT2D eigenvalue weighted by Crippen LogP contribution is -2.40. The molecule has 0 atom stereocenters. The third kappa shape index (κ3) is 4.24. The summed E-state index contributed by atoms with van der Waals surface area (Å²) < 4.78 is 11.1. The highest BCUT2D eigenvalue weighted by Gasteiger charge is 2.31. The molecular formula is C21H27N3O4. The summed E-state index contributed by atoms with van der Waals surface area (Å²) in [7, 11) is 0. The number of allylic oxidation sites excluding steroid dienone is 1. The van der Waals surface area contributed by atoms with Crippen LogP contribution in [0.2, 0.25) is 0 Å². The number of benzene rings is 1. The van der Waals surface area contributed by atoms with E-state index in [1.165, 1.54) is 18.4 Å². The van der Waals surface area contributed by atoms with Crippen LogP contribution in [-0.4, -0.2) is 56.2 Å². The van der Waals surface area contributed by atoms with Crippen molar-refractivity contribution in [2.75, 3.05) is 44.3 Å². The summed E-state index contributed by atoms with van der Waals surface area (Å²) in [4.78, 5) is 28.2. The Hall–Kier alpha value is -2.70. The van der Waals surface area contributed by atoms with Crippen LogP contribution < -0.4 is 19.7 Å². The van der Waals surface area contributed by atoms with Crippen molar-refractivity contribution in [3.63, 3.8) is 0 Å². The number of rotatable bonds is 6.